The lowest BCUT2D eigenvalue weighted by atomic mass is 9.92. The SMILES string of the molecule is CCC(=O)C(C)c1ccnc2c([N+](=O)[O-])cccc12. The molecule has 5 heteroatoms. The maximum Gasteiger partial charge on any atom is 0.295 e. The van der Waals surface area contributed by atoms with Crippen LogP contribution < -0.4 is 0 Å². The number of ketones is 1. The van der Waals surface area contributed by atoms with Crippen molar-refractivity contribution < 1.29 is 9.72 Å². The number of pyridine rings is 1. The Bertz CT molecular complexity index is 652. The molecule has 19 heavy (non-hydrogen) atoms. The highest BCUT2D eigenvalue weighted by Gasteiger charge is 2.19. The van der Waals surface area contributed by atoms with Gasteiger partial charge in [-0.25, -0.2) is 4.98 Å². The highest BCUT2D eigenvalue weighted by Crippen LogP contribution is 2.30. The summed E-state index contributed by atoms with van der Waals surface area (Å²) >= 11 is 0. The molecule has 1 aromatic carbocycles. The maximum atomic E-state index is 11.8. The van der Waals surface area contributed by atoms with Crippen LogP contribution in [-0.4, -0.2) is 15.7 Å². The Balaban J connectivity index is 2.68. The van der Waals surface area contributed by atoms with Crippen molar-refractivity contribution in [3.63, 3.8) is 0 Å². The van der Waals surface area contributed by atoms with Gasteiger partial charge in [0, 0.05) is 30.0 Å². The zero-order chi connectivity index (χ0) is 14.0. The molecule has 0 spiro atoms. The number of carbonyl (C=O) groups is 1. The van der Waals surface area contributed by atoms with Crippen molar-refractivity contribution >= 4 is 22.4 Å². The number of para-hydroxylation sites is 1. The van der Waals surface area contributed by atoms with E-state index in [0.29, 0.717) is 17.3 Å². The number of nitro groups is 1. The molecule has 0 radical (unpaired) electrons. The van der Waals surface area contributed by atoms with Crippen LogP contribution in [-0.2, 0) is 4.79 Å². The smallest absolute Gasteiger partial charge is 0.295 e. The average molecular weight is 258 g/mol. The van der Waals surface area contributed by atoms with Gasteiger partial charge in [0.2, 0.25) is 0 Å². The summed E-state index contributed by atoms with van der Waals surface area (Å²) in [5.74, 6) is -0.170. The first-order valence-electron chi connectivity index (χ1n) is 6.11. The van der Waals surface area contributed by atoms with Gasteiger partial charge in [-0.15, -0.1) is 0 Å². The van der Waals surface area contributed by atoms with Crippen LogP contribution in [0.5, 0.6) is 0 Å². The summed E-state index contributed by atoms with van der Waals surface area (Å²) in [5, 5.41) is 11.7. The van der Waals surface area contributed by atoms with Crippen LogP contribution in [0, 0.1) is 10.1 Å². The zero-order valence-corrected chi connectivity index (χ0v) is 10.8. The molecule has 5 nitrogen and oxygen atoms in total. The molecule has 0 bridgehead atoms. The minimum atomic E-state index is -0.453. The van der Waals surface area contributed by atoms with E-state index in [2.05, 4.69) is 4.98 Å². The number of aromatic nitrogens is 1. The van der Waals surface area contributed by atoms with Crippen molar-refractivity contribution in [1.82, 2.24) is 4.98 Å². The zero-order valence-electron chi connectivity index (χ0n) is 10.8. The van der Waals surface area contributed by atoms with E-state index in [9.17, 15) is 14.9 Å². The molecule has 0 aliphatic rings. The standard InChI is InChI=1S/C14H14N2O3/c1-3-13(17)9(2)10-7-8-15-14-11(10)5-4-6-12(14)16(18)19/h4-9H,3H2,1-2H3. The fourth-order valence-electron chi connectivity index (χ4n) is 2.19. The van der Waals surface area contributed by atoms with Crippen LogP contribution in [0.3, 0.4) is 0 Å². The summed E-state index contributed by atoms with van der Waals surface area (Å²) in [7, 11) is 0. The van der Waals surface area contributed by atoms with Gasteiger partial charge in [0.05, 0.1) is 4.92 Å². The molecule has 2 aromatic rings. The van der Waals surface area contributed by atoms with Gasteiger partial charge in [-0.3, -0.25) is 14.9 Å². The molecule has 0 fully saturated rings. The fourth-order valence-corrected chi connectivity index (χ4v) is 2.19. The topological polar surface area (TPSA) is 73.1 Å². The second-order valence-electron chi connectivity index (χ2n) is 4.37. The molecule has 1 aromatic heterocycles. The Labute approximate surface area is 110 Å². The van der Waals surface area contributed by atoms with Crippen molar-refractivity contribution in [2.24, 2.45) is 0 Å². The Morgan fingerprint density at radius 2 is 2.16 bits per heavy atom. The lowest BCUT2D eigenvalue weighted by molar-refractivity contribution is -0.383. The van der Waals surface area contributed by atoms with E-state index in [4.69, 9.17) is 0 Å². The second kappa shape index (κ2) is 5.14. The number of fused-ring (bicyclic) bond motifs is 1. The number of hydrogen-bond acceptors (Lipinski definition) is 4. The predicted octanol–water partition coefficient (Wildman–Crippen LogP) is 3.23. The van der Waals surface area contributed by atoms with Gasteiger partial charge < -0.3 is 0 Å². The Morgan fingerprint density at radius 3 is 2.79 bits per heavy atom. The highest BCUT2D eigenvalue weighted by molar-refractivity contribution is 5.95. The van der Waals surface area contributed by atoms with Crippen LogP contribution in [0.25, 0.3) is 10.9 Å². The third kappa shape index (κ3) is 2.31. The third-order valence-corrected chi connectivity index (χ3v) is 3.28. The van der Waals surface area contributed by atoms with Gasteiger partial charge in [0.25, 0.3) is 5.69 Å². The van der Waals surface area contributed by atoms with Gasteiger partial charge in [0.1, 0.15) is 11.3 Å². The number of nitrogens with zero attached hydrogens (tertiary/aromatic N) is 2. The number of Topliss-reactive ketones (excluding diaryl/α,β-unsaturated/α-hetero) is 1. The number of rotatable bonds is 4. The number of non-ortho nitro benzene ring substituents is 1. The largest absolute Gasteiger partial charge is 0.299 e. The molecule has 1 heterocycles. The summed E-state index contributed by atoms with van der Waals surface area (Å²) < 4.78 is 0. The molecular weight excluding hydrogens is 244 g/mol. The van der Waals surface area contributed by atoms with Gasteiger partial charge >= 0.3 is 0 Å². The van der Waals surface area contributed by atoms with E-state index >= 15 is 0 Å². The fraction of sp³-hybridized carbons (Fsp3) is 0.286. The molecule has 0 aliphatic carbocycles. The second-order valence-corrected chi connectivity index (χ2v) is 4.37. The molecule has 0 N–H and O–H groups in total. The molecule has 0 saturated carbocycles. The lowest BCUT2D eigenvalue weighted by Gasteiger charge is -2.12. The summed E-state index contributed by atoms with van der Waals surface area (Å²) in [4.78, 5) is 26.4. The first-order chi connectivity index (χ1) is 9.06. The van der Waals surface area contributed by atoms with Crippen molar-refractivity contribution in [3.05, 3.63) is 46.1 Å². The molecule has 2 rings (SSSR count). The van der Waals surface area contributed by atoms with Crippen molar-refractivity contribution in [1.29, 1.82) is 0 Å². The van der Waals surface area contributed by atoms with E-state index in [1.807, 2.05) is 13.8 Å². The van der Waals surface area contributed by atoms with E-state index in [1.54, 1.807) is 18.2 Å². The van der Waals surface area contributed by atoms with Crippen molar-refractivity contribution in [2.45, 2.75) is 26.2 Å². The highest BCUT2D eigenvalue weighted by atomic mass is 16.6. The summed E-state index contributed by atoms with van der Waals surface area (Å²) in [6.07, 6.45) is 1.96. The van der Waals surface area contributed by atoms with Gasteiger partial charge in [-0.1, -0.05) is 26.0 Å². The Morgan fingerprint density at radius 1 is 1.42 bits per heavy atom. The molecular formula is C14H14N2O3. The average Bonchev–Trinajstić information content (AvgIpc) is 2.44. The minimum absolute atomic E-state index is 0.0319. The van der Waals surface area contributed by atoms with E-state index in [-0.39, 0.29) is 17.4 Å². The monoisotopic (exact) mass is 258 g/mol. The van der Waals surface area contributed by atoms with Crippen LogP contribution in [0.15, 0.2) is 30.5 Å². The van der Waals surface area contributed by atoms with E-state index in [1.165, 1.54) is 12.3 Å². The van der Waals surface area contributed by atoms with Crippen molar-refractivity contribution in [2.75, 3.05) is 0 Å². The van der Waals surface area contributed by atoms with Crippen LogP contribution in [0.4, 0.5) is 5.69 Å². The molecule has 0 amide bonds. The molecule has 0 saturated heterocycles. The lowest BCUT2D eigenvalue weighted by Crippen LogP contribution is -2.08. The Hall–Kier alpha value is -2.30. The normalized spacial score (nSPS) is 12.3. The number of nitro benzene ring substituents is 1. The number of hydrogen-bond donors (Lipinski definition) is 0. The first-order valence-corrected chi connectivity index (χ1v) is 6.11. The predicted molar refractivity (Wildman–Crippen MR) is 72.1 cm³/mol. The van der Waals surface area contributed by atoms with Crippen molar-refractivity contribution in [3.8, 4) is 0 Å². The van der Waals surface area contributed by atoms with Gasteiger partial charge in [-0.2, -0.15) is 0 Å². The van der Waals surface area contributed by atoms with E-state index < -0.39 is 4.92 Å². The third-order valence-electron chi connectivity index (χ3n) is 3.28. The van der Waals surface area contributed by atoms with Crippen LogP contribution in [0.2, 0.25) is 0 Å². The number of carbonyl (C=O) groups excluding carboxylic acids is 1. The summed E-state index contributed by atoms with van der Waals surface area (Å²) in [6.45, 7) is 3.63. The Kier molecular flexibility index (Phi) is 3.55. The minimum Gasteiger partial charge on any atom is -0.299 e. The summed E-state index contributed by atoms with van der Waals surface area (Å²) in [5.41, 5.74) is 1.09. The van der Waals surface area contributed by atoms with Crippen LogP contribution in [0.1, 0.15) is 31.7 Å². The van der Waals surface area contributed by atoms with Crippen LogP contribution >= 0.6 is 0 Å². The van der Waals surface area contributed by atoms with Gasteiger partial charge in [-0.05, 0) is 11.6 Å². The van der Waals surface area contributed by atoms with E-state index in [0.717, 1.165) is 5.56 Å². The quantitative estimate of drug-likeness (QED) is 0.623. The molecule has 98 valence electrons. The first kappa shape index (κ1) is 13.1. The summed E-state index contributed by atoms with van der Waals surface area (Å²) in [6, 6.07) is 6.56. The van der Waals surface area contributed by atoms with Gasteiger partial charge in [0.15, 0.2) is 0 Å². The number of benzene rings is 1. The molecule has 1 atom stereocenters. The molecule has 1 unspecified atom stereocenters. The maximum absolute atomic E-state index is 11.8. The molecule has 0 aliphatic heterocycles.